The molecule has 0 bridgehead atoms. The molecule has 1 saturated heterocycles. The van der Waals surface area contributed by atoms with Crippen molar-refractivity contribution in [2.75, 3.05) is 34.2 Å². The second-order valence-electron chi connectivity index (χ2n) is 11.8. The zero-order valence-corrected chi connectivity index (χ0v) is 22.6. The van der Waals surface area contributed by atoms with Gasteiger partial charge >= 0.3 is 5.97 Å². The first-order valence-electron chi connectivity index (χ1n) is 12.5. The first-order chi connectivity index (χ1) is 16.6. The van der Waals surface area contributed by atoms with Gasteiger partial charge in [-0.1, -0.05) is 46.2 Å². The van der Waals surface area contributed by atoms with E-state index >= 15 is 0 Å². The van der Waals surface area contributed by atoms with Crippen molar-refractivity contribution in [3.05, 3.63) is 58.7 Å². The Labute approximate surface area is 214 Å². The Morgan fingerprint density at radius 2 is 1.69 bits per heavy atom. The number of nitrogens with zero attached hydrogens (tertiary/aromatic N) is 2. The van der Waals surface area contributed by atoms with Crippen molar-refractivity contribution in [2.24, 2.45) is 5.92 Å². The normalized spacial score (nSPS) is 18.5. The number of hydrogen-bond acceptors (Lipinski definition) is 4. The van der Waals surface area contributed by atoms with Crippen LogP contribution in [0.25, 0.3) is 0 Å². The highest BCUT2D eigenvalue weighted by atomic mass is 16.4. The average Bonchev–Trinajstić information content (AvgIpc) is 3.07. The molecule has 7 nitrogen and oxygen atoms in total. The Hall–Kier alpha value is -3.19. The summed E-state index contributed by atoms with van der Waals surface area (Å²) in [6, 6.07) is 10.3. The molecule has 0 amide bonds. The van der Waals surface area contributed by atoms with Crippen LogP contribution in [-0.4, -0.2) is 66.9 Å². The second kappa shape index (κ2) is 10.1. The number of carboxylic acid groups (broad SMARTS) is 1. The Bertz CT molecular complexity index is 1120. The van der Waals surface area contributed by atoms with E-state index in [9.17, 15) is 19.8 Å². The van der Waals surface area contributed by atoms with Crippen LogP contribution in [0, 0.1) is 11.3 Å². The predicted octanol–water partition coefficient (Wildman–Crippen LogP) is 5.26. The van der Waals surface area contributed by atoms with Gasteiger partial charge in [0.15, 0.2) is 17.2 Å². The smallest absolute Gasteiger partial charge is 0.335 e. The van der Waals surface area contributed by atoms with Gasteiger partial charge < -0.3 is 15.1 Å². The molecule has 0 saturated carbocycles. The number of amidine groups is 1. The number of hydrogen-bond donors (Lipinski definition) is 3. The summed E-state index contributed by atoms with van der Waals surface area (Å²) in [5.74, 6) is -0.445. The van der Waals surface area contributed by atoms with Gasteiger partial charge in [-0.25, -0.2) is 4.79 Å². The third-order valence-corrected chi connectivity index (χ3v) is 7.01. The van der Waals surface area contributed by atoms with Crippen LogP contribution in [0.3, 0.4) is 0 Å². The molecule has 1 fully saturated rings. The van der Waals surface area contributed by atoms with E-state index in [1.165, 1.54) is 0 Å². The number of rotatable bonds is 8. The number of benzene rings is 2. The lowest BCUT2D eigenvalue weighted by Crippen LogP contribution is -2.36. The standard InChI is InChI=1S/C29H39N3O4/c1-8-9-20-16-31(27(30)25(20)18-10-12-19(13-11-18)28(35)36)17-24(33)21-14-22(29(2,3)4)26(34)23(15-21)32(5,6)7/h10-15,20,25,30H,8-9,16-17H2,1-7H3,(H-,33,34,35,36)/p+1/t20-,25+/m0/s1. The van der Waals surface area contributed by atoms with E-state index < -0.39 is 5.97 Å². The number of likely N-dealkylation sites (tertiary alicyclic amines) is 1. The lowest BCUT2D eigenvalue weighted by atomic mass is 9.84. The van der Waals surface area contributed by atoms with Gasteiger partial charge in [0.2, 0.25) is 0 Å². The summed E-state index contributed by atoms with van der Waals surface area (Å²) in [4.78, 5) is 26.7. The maximum absolute atomic E-state index is 13.6. The minimum Gasteiger partial charge on any atom is -0.503 e. The van der Waals surface area contributed by atoms with Crippen LogP contribution < -0.4 is 4.48 Å². The van der Waals surface area contributed by atoms with Gasteiger partial charge in [-0.15, -0.1) is 0 Å². The molecule has 1 aliphatic heterocycles. The summed E-state index contributed by atoms with van der Waals surface area (Å²) < 4.78 is 0.378. The SMILES string of the molecule is CCC[C@H]1CN(CC(=O)c2cc(C(C)(C)C)c(O)c([N+](C)(C)C)c2)C(=N)[C@@H]1c1ccc(C(=O)O)cc1. The molecule has 0 spiro atoms. The number of ketones is 1. The van der Waals surface area contributed by atoms with Gasteiger partial charge in [0, 0.05) is 29.7 Å². The molecule has 1 aliphatic rings. The maximum atomic E-state index is 13.6. The number of phenols is 1. The fraction of sp³-hybridized carbons (Fsp3) is 0.483. The topological polar surface area (TPSA) is 102 Å². The first kappa shape index (κ1) is 27.4. The largest absolute Gasteiger partial charge is 0.503 e. The van der Waals surface area contributed by atoms with Gasteiger partial charge in [0.1, 0.15) is 5.84 Å². The molecule has 2 aromatic rings. The van der Waals surface area contributed by atoms with E-state index in [1.807, 2.05) is 46.8 Å². The fourth-order valence-electron chi connectivity index (χ4n) is 5.08. The highest BCUT2D eigenvalue weighted by Crippen LogP contribution is 2.41. The van der Waals surface area contributed by atoms with Crippen LogP contribution in [0.5, 0.6) is 5.75 Å². The van der Waals surface area contributed by atoms with E-state index in [0.29, 0.717) is 28.1 Å². The average molecular weight is 495 g/mol. The van der Waals surface area contributed by atoms with Crippen LogP contribution in [0.15, 0.2) is 36.4 Å². The first-order valence-corrected chi connectivity index (χ1v) is 12.5. The lowest BCUT2D eigenvalue weighted by molar-refractivity contribution is 0.0696. The molecule has 194 valence electrons. The molecule has 1 heterocycles. The minimum absolute atomic E-state index is 0.0860. The van der Waals surface area contributed by atoms with Gasteiger partial charge in [-0.3, -0.25) is 14.7 Å². The fourth-order valence-corrected chi connectivity index (χ4v) is 5.08. The van der Waals surface area contributed by atoms with E-state index in [4.69, 9.17) is 5.41 Å². The van der Waals surface area contributed by atoms with Gasteiger partial charge in [0.05, 0.1) is 33.3 Å². The number of carbonyl (C=O) groups is 2. The van der Waals surface area contributed by atoms with Gasteiger partial charge in [-0.2, -0.15) is 0 Å². The van der Waals surface area contributed by atoms with Crippen LogP contribution in [0.4, 0.5) is 5.69 Å². The quantitative estimate of drug-likeness (QED) is 0.343. The summed E-state index contributed by atoms with van der Waals surface area (Å²) in [5, 5.41) is 29.2. The predicted molar refractivity (Wildman–Crippen MR) is 145 cm³/mol. The van der Waals surface area contributed by atoms with E-state index in [0.717, 1.165) is 24.0 Å². The van der Waals surface area contributed by atoms with Crippen molar-refractivity contribution in [2.45, 2.75) is 51.9 Å². The number of carboxylic acids is 1. The van der Waals surface area contributed by atoms with E-state index in [-0.39, 0.29) is 40.9 Å². The Morgan fingerprint density at radius 1 is 1.08 bits per heavy atom. The maximum Gasteiger partial charge on any atom is 0.335 e. The zero-order valence-electron chi connectivity index (χ0n) is 22.6. The summed E-state index contributed by atoms with van der Waals surface area (Å²) in [6.07, 6.45) is 1.88. The Morgan fingerprint density at radius 3 is 2.19 bits per heavy atom. The summed E-state index contributed by atoms with van der Waals surface area (Å²) in [5.41, 5.74) is 2.73. The molecule has 3 N–H and O–H groups in total. The number of Topliss-reactive ketones (excluding diaryl/α,β-unsaturated/α-hetero) is 1. The van der Waals surface area contributed by atoms with Crippen molar-refractivity contribution in [1.82, 2.24) is 9.38 Å². The molecule has 7 heteroatoms. The molecule has 0 aromatic heterocycles. The Kier molecular flexibility index (Phi) is 7.65. The zero-order chi connectivity index (χ0) is 27.0. The number of carbonyl (C=O) groups excluding carboxylic acids is 1. The van der Waals surface area contributed by atoms with Gasteiger partial charge in [0.25, 0.3) is 0 Å². The number of aromatic hydroxyl groups is 1. The minimum atomic E-state index is -0.975. The molecule has 0 radical (unpaired) electrons. The molecular weight excluding hydrogens is 454 g/mol. The molecule has 3 rings (SSSR count). The number of phenolic OH excluding ortho intramolecular Hbond substituents is 1. The Balaban J connectivity index is 1.92. The van der Waals surface area contributed by atoms with Crippen LogP contribution in [0.2, 0.25) is 0 Å². The molecule has 2 atom stereocenters. The van der Waals surface area contributed by atoms with Gasteiger partial charge in [-0.05, 0) is 41.5 Å². The van der Waals surface area contributed by atoms with Crippen LogP contribution in [-0.2, 0) is 5.41 Å². The summed E-state index contributed by atoms with van der Waals surface area (Å²) in [6.45, 7) is 8.85. The lowest BCUT2D eigenvalue weighted by Gasteiger charge is -2.29. The number of aromatic carboxylic acids is 1. The van der Waals surface area contributed by atoms with Crippen LogP contribution in [0.1, 0.15) is 78.3 Å². The van der Waals surface area contributed by atoms with Crippen molar-refractivity contribution in [3.8, 4) is 5.75 Å². The van der Waals surface area contributed by atoms with Crippen molar-refractivity contribution in [3.63, 3.8) is 0 Å². The van der Waals surface area contributed by atoms with Crippen molar-refractivity contribution < 1.29 is 19.8 Å². The summed E-state index contributed by atoms with van der Waals surface area (Å²) in [7, 11) is 5.88. The second-order valence-corrected chi connectivity index (χ2v) is 11.8. The van der Waals surface area contributed by atoms with Crippen molar-refractivity contribution >= 4 is 23.3 Å². The molecule has 0 aliphatic carbocycles. The molecule has 0 unspecified atom stereocenters. The molecule has 36 heavy (non-hydrogen) atoms. The monoisotopic (exact) mass is 494 g/mol. The molecular formula is C29H40N3O4+. The number of quaternary nitrogens is 1. The summed E-state index contributed by atoms with van der Waals surface area (Å²) >= 11 is 0. The van der Waals surface area contributed by atoms with Crippen LogP contribution >= 0.6 is 0 Å². The van der Waals surface area contributed by atoms with E-state index in [2.05, 4.69) is 6.92 Å². The highest BCUT2D eigenvalue weighted by molar-refractivity contribution is 6.02. The molecule has 2 aromatic carbocycles. The van der Waals surface area contributed by atoms with Crippen molar-refractivity contribution in [1.29, 1.82) is 5.41 Å². The third-order valence-electron chi connectivity index (χ3n) is 7.01. The van der Waals surface area contributed by atoms with E-state index in [1.54, 1.807) is 36.4 Å². The number of nitrogens with one attached hydrogen (secondary N) is 1. The third kappa shape index (κ3) is 5.62. The highest BCUT2D eigenvalue weighted by Gasteiger charge is 2.39.